The monoisotopic (exact) mass is 180 g/mol. The summed E-state index contributed by atoms with van der Waals surface area (Å²) in [6, 6.07) is 6.08. The van der Waals surface area contributed by atoms with E-state index in [1.165, 1.54) is 5.56 Å². The standard InChI is InChI=1S/C9H12N2S/c1-6-3-4-8(7(2)5-6)11-9(10)12/h3-5H,1-2H3,(H3,10,11,12). The number of hydrogen-bond acceptors (Lipinski definition) is 1. The zero-order chi connectivity index (χ0) is 9.14. The minimum absolute atomic E-state index is 0.307. The van der Waals surface area contributed by atoms with Crippen LogP contribution in [0.5, 0.6) is 0 Å². The van der Waals surface area contributed by atoms with Crippen molar-refractivity contribution in [3.05, 3.63) is 29.3 Å². The van der Waals surface area contributed by atoms with Crippen LogP contribution in [0.15, 0.2) is 18.2 Å². The van der Waals surface area contributed by atoms with Crippen LogP contribution in [0.2, 0.25) is 0 Å². The first-order valence-corrected chi connectivity index (χ1v) is 4.14. The highest BCUT2D eigenvalue weighted by Crippen LogP contribution is 2.15. The molecular formula is C9H12N2S. The van der Waals surface area contributed by atoms with Crippen molar-refractivity contribution in [3.8, 4) is 0 Å². The fourth-order valence-corrected chi connectivity index (χ4v) is 1.20. The first-order valence-electron chi connectivity index (χ1n) is 3.73. The minimum Gasteiger partial charge on any atom is -0.376 e. The van der Waals surface area contributed by atoms with Crippen LogP contribution in [0, 0.1) is 13.8 Å². The van der Waals surface area contributed by atoms with Gasteiger partial charge in [-0.1, -0.05) is 17.7 Å². The molecule has 1 aromatic rings. The van der Waals surface area contributed by atoms with Crippen LogP contribution < -0.4 is 11.1 Å². The van der Waals surface area contributed by atoms with Crippen LogP contribution in [0.25, 0.3) is 0 Å². The molecule has 0 saturated heterocycles. The number of nitrogens with two attached hydrogens (primary N) is 1. The zero-order valence-corrected chi connectivity index (χ0v) is 8.03. The summed E-state index contributed by atoms with van der Waals surface area (Å²) >= 11 is 4.74. The van der Waals surface area contributed by atoms with Gasteiger partial charge in [0.2, 0.25) is 0 Å². The van der Waals surface area contributed by atoms with Crippen molar-refractivity contribution in [1.29, 1.82) is 0 Å². The van der Waals surface area contributed by atoms with E-state index in [4.69, 9.17) is 18.0 Å². The van der Waals surface area contributed by atoms with E-state index in [1.807, 2.05) is 19.1 Å². The number of benzene rings is 1. The topological polar surface area (TPSA) is 38.0 Å². The van der Waals surface area contributed by atoms with Crippen molar-refractivity contribution in [2.75, 3.05) is 5.32 Å². The molecule has 12 heavy (non-hydrogen) atoms. The molecule has 0 radical (unpaired) electrons. The Labute approximate surface area is 77.8 Å². The highest BCUT2D eigenvalue weighted by Gasteiger charge is 1.97. The van der Waals surface area contributed by atoms with Crippen LogP contribution in [-0.2, 0) is 0 Å². The lowest BCUT2D eigenvalue weighted by Crippen LogP contribution is -2.19. The summed E-state index contributed by atoms with van der Waals surface area (Å²) in [5, 5.41) is 3.22. The fourth-order valence-electron chi connectivity index (χ4n) is 1.09. The van der Waals surface area contributed by atoms with Crippen LogP contribution in [-0.4, -0.2) is 5.11 Å². The Morgan fingerprint density at radius 2 is 2.08 bits per heavy atom. The number of anilines is 1. The Bertz CT molecular complexity index is 307. The molecule has 64 valence electrons. The highest BCUT2D eigenvalue weighted by atomic mass is 32.1. The van der Waals surface area contributed by atoms with Gasteiger partial charge in [0, 0.05) is 5.69 Å². The average molecular weight is 180 g/mol. The predicted octanol–water partition coefficient (Wildman–Crippen LogP) is 1.96. The van der Waals surface area contributed by atoms with Gasteiger partial charge in [0.05, 0.1) is 0 Å². The summed E-state index contributed by atoms with van der Waals surface area (Å²) in [4.78, 5) is 0. The van der Waals surface area contributed by atoms with E-state index in [0.29, 0.717) is 5.11 Å². The number of thiocarbonyl (C=S) groups is 1. The third-order valence-corrected chi connectivity index (χ3v) is 1.74. The molecule has 0 heterocycles. The predicted molar refractivity (Wildman–Crippen MR) is 56.3 cm³/mol. The molecule has 3 N–H and O–H groups in total. The summed E-state index contributed by atoms with van der Waals surface area (Å²) in [5.41, 5.74) is 8.72. The van der Waals surface area contributed by atoms with Gasteiger partial charge >= 0.3 is 0 Å². The second kappa shape index (κ2) is 3.54. The highest BCUT2D eigenvalue weighted by molar-refractivity contribution is 7.80. The number of rotatable bonds is 1. The summed E-state index contributed by atoms with van der Waals surface area (Å²) in [7, 11) is 0. The van der Waals surface area contributed by atoms with Crippen LogP contribution in [0.4, 0.5) is 5.69 Å². The second-order valence-corrected chi connectivity index (χ2v) is 3.25. The van der Waals surface area contributed by atoms with Crippen molar-refractivity contribution < 1.29 is 0 Å². The SMILES string of the molecule is Cc1ccc(NC(N)=S)c(C)c1. The molecular weight excluding hydrogens is 168 g/mol. The molecule has 1 aromatic carbocycles. The molecule has 3 heteroatoms. The summed E-state index contributed by atoms with van der Waals surface area (Å²) < 4.78 is 0. The Kier molecular flexibility index (Phi) is 2.65. The van der Waals surface area contributed by atoms with Crippen LogP contribution >= 0.6 is 12.2 Å². The number of hydrogen-bond donors (Lipinski definition) is 2. The molecule has 0 aromatic heterocycles. The second-order valence-electron chi connectivity index (χ2n) is 2.81. The molecule has 0 aliphatic heterocycles. The van der Waals surface area contributed by atoms with Gasteiger partial charge in [-0.2, -0.15) is 0 Å². The Morgan fingerprint density at radius 1 is 1.42 bits per heavy atom. The molecule has 0 aliphatic carbocycles. The maximum atomic E-state index is 5.35. The zero-order valence-electron chi connectivity index (χ0n) is 7.22. The first kappa shape index (κ1) is 9.00. The van der Waals surface area contributed by atoms with Gasteiger partial charge in [0.1, 0.15) is 0 Å². The van der Waals surface area contributed by atoms with E-state index in [9.17, 15) is 0 Å². The Morgan fingerprint density at radius 3 is 2.58 bits per heavy atom. The molecule has 0 atom stereocenters. The van der Waals surface area contributed by atoms with Crippen molar-refractivity contribution >= 4 is 23.0 Å². The minimum atomic E-state index is 0.307. The smallest absolute Gasteiger partial charge is 0.168 e. The van der Waals surface area contributed by atoms with E-state index in [0.717, 1.165) is 11.3 Å². The molecule has 0 unspecified atom stereocenters. The van der Waals surface area contributed by atoms with Gasteiger partial charge < -0.3 is 11.1 Å². The van der Waals surface area contributed by atoms with Crippen molar-refractivity contribution in [1.82, 2.24) is 0 Å². The Hall–Kier alpha value is -1.09. The summed E-state index contributed by atoms with van der Waals surface area (Å²) in [6.07, 6.45) is 0. The lowest BCUT2D eigenvalue weighted by atomic mass is 10.1. The quantitative estimate of drug-likeness (QED) is 0.649. The van der Waals surface area contributed by atoms with E-state index in [2.05, 4.69) is 18.3 Å². The largest absolute Gasteiger partial charge is 0.376 e. The molecule has 0 spiro atoms. The Balaban J connectivity index is 2.93. The number of aryl methyl sites for hydroxylation is 2. The van der Waals surface area contributed by atoms with Gasteiger partial charge in [-0.15, -0.1) is 0 Å². The third kappa shape index (κ3) is 2.20. The van der Waals surface area contributed by atoms with Gasteiger partial charge in [-0.3, -0.25) is 0 Å². The fraction of sp³-hybridized carbons (Fsp3) is 0.222. The van der Waals surface area contributed by atoms with Crippen molar-refractivity contribution in [2.24, 2.45) is 5.73 Å². The van der Waals surface area contributed by atoms with E-state index >= 15 is 0 Å². The van der Waals surface area contributed by atoms with Gasteiger partial charge in [0.15, 0.2) is 5.11 Å². The third-order valence-electron chi connectivity index (χ3n) is 1.64. The summed E-state index contributed by atoms with van der Waals surface area (Å²) in [6.45, 7) is 4.07. The normalized spacial score (nSPS) is 9.50. The van der Waals surface area contributed by atoms with Crippen LogP contribution in [0.1, 0.15) is 11.1 Å². The molecule has 0 bridgehead atoms. The van der Waals surface area contributed by atoms with Gasteiger partial charge in [0.25, 0.3) is 0 Å². The maximum Gasteiger partial charge on any atom is 0.168 e. The van der Waals surface area contributed by atoms with Crippen molar-refractivity contribution in [3.63, 3.8) is 0 Å². The lowest BCUT2D eigenvalue weighted by Gasteiger charge is -2.07. The van der Waals surface area contributed by atoms with Crippen LogP contribution in [0.3, 0.4) is 0 Å². The average Bonchev–Trinajstić information content (AvgIpc) is 1.94. The molecule has 2 nitrogen and oxygen atoms in total. The first-order chi connectivity index (χ1) is 5.59. The van der Waals surface area contributed by atoms with E-state index < -0.39 is 0 Å². The summed E-state index contributed by atoms with van der Waals surface area (Å²) in [5.74, 6) is 0. The van der Waals surface area contributed by atoms with Gasteiger partial charge in [-0.05, 0) is 37.7 Å². The van der Waals surface area contributed by atoms with Crippen molar-refractivity contribution in [2.45, 2.75) is 13.8 Å². The number of nitrogens with one attached hydrogen (secondary N) is 1. The molecule has 1 rings (SSSR count). The molecule has 0 aliphatic rings. The van der Waals surface area contributed by atoms with Gasteiger partial charge in [-0.25, -0.2) is 0 Å². The molecule has 0 amide bonds. The van der Waals surface area contributed by atoms with E-state index in [-0.39, 0.29) is 0 Å². The maximum absolute atomic E-state index is 5.35. The molecule has 0 saturated carbocycles. The van der Waals surface area contributed by atoms with E-state index in [1.54, 1.807) is 0 Å². The molecule has 0 fully saturated rings. The lowest BCUT2D eigenvalue weighted by molar-refractivity contribution is 1.38.